The summed E-state index contributed by atoms with van der Waals surface area (Å²) in [5, 5.41) is 0. The minimum Gasteiger partial charge on any atom is -0.426 e. The van der Waals surface area contributed by atoms with E-state index in [1.165, 1.54) is 4.90 Å². The van der Waals surface area contributed by atoms with E-state index in [0.717, 1.165) is 22.4 Å². The lowest BCUT2D eigenvalue weighted by atomic mass is 9.82. The number of benzene rings is 2. The molecule has 1 aliphatic carbocycles. The summed E-state index contributed by atoms with van der Waals surface area (Å²) in [4.78, 5) is 54.5. The summed E-state index contributed by atoms with van der Waals surface area (Å²) in [5.41, 5.74) is 5.34. The highest BCUT2D eigenvalue weighted by Crippen LogP contribution is 2.41. The van der Waals surface area contributed by atoms with Gasteiger partial charge in [0, 0.05) is 18.7 Å². The third-order valence-electron chi connectivity index (χ3n) is 7.71. The summed E-state index contributed by atoms with van der Waals surface area (Å²) in [7, 11) is 0. The maximum atomic E-state index is 13.1. The lowest BCUT2D eigenvalue weighted by Gasteiger charge is -2.19. The third kappa shape index (κ3) is 4.12. The first-order valence-electron chi connectivity index (χ1n) is 12.4. The molecule has 0 bridgehead atoms. The minimum atomic E-state index is -0.570. The molecule has 2 aliphatic heterocycles. The lowest BCUT2D eigenvalue weighted by molar-refractivity contribution is -0.139. The number of aryl methyl sites for hydroxylation is 3. The quantitative estimate of drug-likeness (QED) is 0.277. The molecule has 0 aromatic heterocycles. The van der Waals surface area contributed by atoms with Gasteiger partial charge in [-0.1, -0.05) is 17.7 Å². The first kappa shape index (κ1) is 24.0. The predicted octanol–water partition coefficient (Wildman–Crippen LogP) is 4.42. The number of ether oxygens (including phenoxy) is 1. The van der Waals surface area contributed by atoms with Crippen LogP contribution in [0.4, 0.5) is 11.4 Å². The Morgan fingerprint density at radius 1 is 0.861 bits per heavy atom. The Hall–Kier alpha value is -3.74. The van der Waals surface area contributed by atoms with Crippen molar-refractivity contribution in [1.29, 1.82) is 0 Å². The second-order valence-electron chi connectivity index (χ2n) is 10.3. The summed E-state index contributed by atoms with van der Waals surface area (Å²) < 4.78 is 5.62. The highest BCUT2D eigenvalue weighted by Gasteiger charge is 2.49. The van der Waals surface area contributed by atoms with Crippen LogP contribution in [0.15, 0.2) is 48.0 Å². The second-order valence-corrected chi connectivity index (χ2v) is 10.3. The van der Waals surface area contributed by atoms with Crippen molar-refractivity contribution in [2.24, 2.45) is 17.8 Å². The number of hydrogen-bond donors (Lipinski definition) is 0. The molecule has 7 heteroatoms. The van der Waals surface area contributed by atoms with Crippen LogP contribution in [0, 0.1) is 38.5 Å². The summed E-state index contributed by atoms with van der Waals surface area (Å²) in [6, 6.07) is 10.7. The summed E-state index contributed by atoms with van der Waals surface area (Å²) in [6.45, 7) is 8.05. The molecule has 3 aliphatic rings. The molecule has 2 saturated heterocycles. The van der Waals surface area contributed by atoms with E-state index >= 15 is 0 Å². The Bertz CT molecular complexity index is 1330. The van der Waals surface area contributed by atoms with Crippen LogP contribution in [0.5, 0.6) is 5.75 Å². The summed E-state index contributed by atoms with van der Waals surface area (Å²) in [5.74, 6) is -1.77. The van der Waals surface area contributed by atoms with E-state index < -0.39 is 11.9 Å². The van der Waals surface area contributed by atoms with Crippen molar-refractivity contribution in [3.05, 3.63) is 64.7 Å². The number of allylic oxidation sites excluding steroid dienone is 2. The summed E-state index contributed by atoms with van der Waals surface area (Å²) >= 11 is 0. The minimum absolute atomic E-state index is 0.0931. The van der Waals surface area contributed by atoms with Crippen molar-refractivity contribution in [3.63, 3.8) is 0 Å². The molecule has 36 heavy (non-hydrogen) atoms. The normalized spacial score (nSPS) is 23.7. The predicted molar refractivity (Wildman–Crippen MR) is 136 cm³/mol. The molecular weight excluding hydrogens is 456 g/mol. The molecule has 3 atom stereocenters. The molecule has 5 rings (SSSR count). The molecule has 0 radical (unpaired) electrons. The number of imide groups is 1. The Morgan fingerprint density at radius 3 is 2.33 bits per heavy atom. The largest absolute Gasteiger partial charge is 0.426 e. The zero-order chi connectivity index (χ0) is 25.7. The molecule has 0 saturated carbocycles. The van der Waals surface area contributed by atoms with Gasteiger partial charge in [-0.05, 0) is 87.6 Å². The molecule has 0 unspecified atom stereocenters. The number of nitrogens with zero attached hydrogens (tertiary/aromatic N) is 2. The van der Waals surface area contributed by atoms with Crippen LogP contribution in [0.25, 0.3) is 0 Å². The van der Waals surface area contributed by atoms with Crippen molar-refractivity contribution >= 4 is 35.1 Å². The third-order valence-corrected chi connectivity index (χ3v) is 7.71. The fourth-order valence-electron chi connectivity index (χ4n) is 5.43. The van der Waals surface area contributed by atoms with E-state index in [9.17, 15) is 19.2 Å². The maximum absolute atomic E-state index is 13.1. The molecule has 0 N–H and O–H groups in total. The van der Waals surface area contributed by atoms with Crippen LogP contribution in [-0.2, 0) is 19.2 Å². The zero-order valence-electron chi connectivity index (χ0n) is 21.0. The van der Waals surface area contributed by atoms with Crippen molar-refractivity contribution in [2.75, 3.05) is 16.3 Å². The van der Waals surface area contributed by atoms with Crippen LogP contribution >= 0.6 is 0 Å². The van der Waals surface area contributed by atoms with Gasteiger partial charge >= 0.3 is 5.97 Å². The van der Waals surface area contributed by atoms with E-state index in [1.807, 2.05) is 45.0 Å². The number of fused-ring (bicyclic) bond motifs is 1. The van der Waals surface area contributed by atoms with Crippen LogP contribution in [0.3, 0.4) is 0 Å². The van der Waals surface area contributed by atoms with Gasteiger partial charge in [-0.2, -0.15) is 0 Å². The lowest BCUT2D eigenvalue weighted by Crippen LogP contribution is -2.31. The van der Waals surface area contributed by atoms with Crippen molar-refractivity contribution in [1.82, 2.24) is 0 Å². The Kier molecular flexibility index (Phi) is 6.02. The fraction of sp³-hybridized carbons (Fsp3) is 0.379. The van der Waals surface area contributed by atoms with Crippen molar-refractivity contribution in [2.45, 2.75) is 47.0 Å². The molecule has 3 amide bonds. The van der Waals surface area contributed by atoms with Crippen LogP contribution in [-0.4, -0.2) is 30.2 Å². The molecule has 186 valence electrons. The van der Waals surface area contributed by atoms with Crippen molar-refractivity contribution in [3.8, 4) is 5.75 Å². The van der Waals surface area contributed by atoms with E-state index in [0.29, 0.717) is 29.8 Å². The first-order chi connectivity index (χ1) is 17.1. The van der Waals surface area contributed by atoms with Gasteiger partial charge in [0.25, 0.3) is 0 Å². The van der Waals surface area contributed by atoms with Gasteiger partial charge in [-0.25, -0.2) is 4.90 Å². The Morgan fingerprint density at radius 2 is 1.61 bits per heavy atom. The number of amides is 3. The molecule has 7 nitrogen and oxygen atoms in total. The highest BCUT2D eigenvalue weighted by molar-refractivity contribution is 6.22. The van der Waals surface area contributed by atoms with E-state index in [2.05, 4.69) is 0 Å². The highest BCUT2D eigenvalue weighted by atomic mass is 16.5. The number of carbonyl (C=O) groups excluding carboxylic acids is 4. The average molecular weight is 487 g/mol. The Labute approximate surface area is 210 Å². The molecule has 0 spiro atoms. The van der Waals surface area contributed by atoms with Gasteiger partial charge in [0.2, 0.25) is 17.7 Å². The monoisotopic (exact) mass is 486 g/mol. The van der Waals surface area contributed by atoms with Gasteiger partial charge in [-0.15, -0.1) is 0 Å². The van der Waals surface area contributed by atoms with Gasteiger partial charge in [-0.3, -0.25) is 19.2 Å². The molecule has 2 aromatic rings. The number of anilines is 2. The Balaban J connectivity index is 1.28. The number of esters is 1. The van der Waals surface area contributed by atoms with E-state index in [1.54, 1.807) is 30.0 Å². The maximum Gasteiger partial charge on any atom is 0.316 e. The van der Waals surface area contributed by atoms with Crippen LogP contribution < -0.4 is 14.5 Å². The zero-order valence-corrected chi connectivity index (χ0v) is 21.0. The first-order valence-corrected chi connectivity index (χ1v) is 12.4. The molecule has 2 fully saturated rings. The smallest absolute Gasteiger partial charge is 0.316 e. The van der Waals surface area contributed by atoms with Gasteiger partial charge < -0.3 is 9.64 Å². The second kappa shape index (κ2) is 9.04. The van der Waals surface area contributed by atoms with E-state index in [4.69, 9.17) is 4.74 Å². The number of carbonyl (C=O) groups is 4. The van der Waals surface area contributed by atoms with Crippen LogP contribution in [0.1, 0.15) is 42.9 Å². The molecular formula is C29H30N2O5. The van der Waals surface area contributed by atoms with Gasteiger partial charge in [0.05, 0.1) is 23.4 Å². The number of hydrogen-bond acceptors (Lipinski definition) is 5. The molecule has 2 aromatic carbocycles. The molecule has 2 heterocycles. The topological polar surface area (TPSA) is 84.0 Å². The average Bonchev–Trinajstić information content (AvgIpc) is 3.33. The number of rotatable bonds is 4. The fourth-order valence-corrected chi connectivity index (χ4v) is 5.43. The SMILES string of the molecule is CC1=CC[C@@H]2C(=O)N(c3ccc(OC(=O)[C@H]4CC(=O)N(c5ccc(C)c(C)c5)C4)cc3C)C(=O)[C@H]2C1. The summed E-state index contributed by atoms with van der Waals surface area (Å²) in [6.07, 6.45) is 3.33. The van der Waals surface area contributed by atoms with Crippen molar-refractivity contribution < 1.29 is 23.9 Å². The van der Waals surface area contributed by atoms with Crippen LogP contribution in [0.2, 0.25) is 0 Å². The van der Waals surface area contributed by atoms with Gasteiger partial charge in [0.15, 0.2) is 0 Å². The van der Waals surface area contributed by atoms with Gasteiger partial charge in [0.1, 0.15) is 5.75 Å². The van der Waals surface area contributed by atoms with E-state index in [-0.39, 0.29) is 42.5 Å². The standard InChI is InChI=1S/C29H30N2O5/c1-16-5-9-23-24(11-16)28(34)31(27(23)33)25-10-8-22(13-19(25)4)36-29(35)20-14-26(32)30(15-20)21-7-6-17(2)18(3)12-21/h5-8,10,12-13,20,23-24H,9,11,14-15H2,1-4H3/t20-,23-,24-/m0/s1.